The van der Waals surface area contributed by atoms with Crippen LogP contribution in [0.4, 0.5) is 0 Å². The SMILES string of the molecule is O=C(NC1CCCC1)C(Cc1ccccc1)N(Cc1cccc(Cl)c1)C(=O)CCCSc1ccc(Cl)cc1. The molecule has 1 saturated carbocycles. The first-order chi connectivity index (χ1) is 18.5. The average molecular weight is 570 g/mol. The van der Waals surface area contributed by atoms with Gasteiger partial charge in [-0.15, -0.1) is 11.8 Å². The lowest BCUT2D eigenvalue weighted by Crippen LogP contribution is -2.52. The Balaban J connectivity index is 1.51. The Morgan fingerprint density at radius 3 is 2.32 bits per heavy atom. The fourth-order valence-corrected chi connectivity index (χ4v) is 6.03. The molecule has 1 N–H and O–H groups in total. The van der Waals surface area contributed by atoms with Gasteiger partial charge in [0.2, 0.25) is 11.8 Å². The molecule has 1 fully saturated rings. The maximum atomic E-state index is 13.7. The summed E-state index contributed by atoms with van der Waals surface area (Å²) in [6, 6.07) is 24.8. The number of benzene rings is 3. The van der Waals surface area contributed by atoms with Gasteiger partial charge in [0.05, 0.1) is 0 Å². The molecule has 1 aliphatic rings. The molecule has 3 aromatic carbocycles. The van der Waals surface area contributed by atoms with Crippen molar-refractivity contribution >= 4 is 46.8 Å². The smallest absolute Gasteiger partial charge is 0.243 e. The molecule has 4 nitrogen and oxygen atoms in total. The van der Waals surface area contributed by atoms with Crippen LogP contribution in [0.25, 0.3) is 0 Å². The fourth-order valence-electron chi connectivity index (χ4n) is 4.84. The van der Waals surface area contributed by atoms with Crippen molar-refractivity contribution in [2.24, 2.45) is 0 Å². The highest BCUT2D eigenvalue weighted by Crippen LogP contribution is 2.24. The number of amides is 2. The normalized spacial score (nSPS) is 14.3. The number of rotatable bonds is 12. The van der Waals surface area contributed by atoms with E-state index in [-0.39, 0.29) is 17.9 Å². The van der Waals surface area contributed by atoms with Crippen LogP contribution in [0.5, 0.6) is 0 Å². The molecule has 200 valence electrons. The number of nitrogens with zero attached hydrogens (tertiary/aromatic N) is 1. The number of carbonyl (C=O) groups excluding carboxylic acids is 2. The van der Waals surface area contributed by atoms with Gasteiger partial charge in [-0.1, -0.05) is 78.5 Å². The maximum absolute atomic E-state index is 13.7. The molecule has 0 saturated heterocycles. The van der Waals surface area contributed by atoms with Gasteiger partial charge in [-0.2, -0.15) is 0 Å². The molecule has 0 aromatic heterocycles. The Bertz CT molecular complexity index is 1180. The van der Waals surface area contributed by atoms with Gasteiger partial charge in [-0.25, -0.2) is 0 Å². The molecule has 0 heterocycles. The van der Waals surface area contributed by atoms with E-state index in [1.54, 1.807) is 16.7 Å². The maximum Gasteiger partial charge on any atom is 0.243 e. The molecule has 38 heavy (non-hydrogen) atoms. The summed E-state index contributed by atoms with van der Waals surface area (Å²) in [5, 5.41) is 4.58. The number of thioether (sulfide) groups is 1. The van der Waals surface area contributed by atoms with Crippen molar-refractivity contribution in [3.8, 4) is 0 Å². The number of halogens is 2. The second-order valence-corrected chi connectivity index (χ2v) is 11.8. The van der Waals surface area contributed by atoms with E-state index in [1.165, 1.54) is 0 Å². The summed E-state index contributed by atoms with van der Waals surface area (Å²) in [5.74, 6) is 0.701. The highest BCUT2D eigenvalue weighted by atomic mass is 35.5. The predicted molar refractivity (Wildman–Crippen MR) is 158 cm³/mol. The number of nitrogens with one attached hydrogen (secondary N) is 1. The molecular formula is C31H34Cl2N2O2S. The van der Waals surface area contributed by atoms with Crippen LogP contribution in [0, 0.1) is 0 Å². The molecule has 0 bridgehead atoms. The van der Waals surface area contributed by atoms with Crippen LogP contribution in [-0.2, 0) is 22.6 Å². The molecule has 1 aliphatic carbocycles. The summed E-state index contributed by atoms with van der Waals surface area (Å²) in [7, 11) is 0. The van der Waals surface area contributed by atoms with Gasteiger partial charge in [0, 0.05) is 40.4 Å². The van der Waals surface area contributed by atoms with E-state index in [1.807, 2.05) is 78.9 Å². The zero-order chi connectivity index (χ0) is 26.7. The van der Waals surface area contributed by atoms with Crippen molar-refractivity contribution in [3.63, 3.8) is 0 Å². The topological polar surface area (TPSA) is 49.4 Å². The molecule has 1 atom stereocenters. The molecule has 4 rings (SSSR count). The van der Waals surface area contributed by atoms with Crippen LogP contribution in [0.2, 0.25) is 10.0 Å². The first-order valence-corrected chi connectivity index (χ1v) is 15.0. The van der Waals surface area contributed by atoms with Crippen molar-refractivity contribution in [3.05, 3.63) is 100 Å². The largest absolute Gasteiger partial charge is 0.352 e. The zero-order valence-corrected chi connectivity index (χ0v) is 23.8. The second kappa shape index (κ2) is 14.6. The zero-order valence-electron chi connectivity index (χ0n) is 21.5. The number of hydrogen-bond acceptors (Lipinski definition) is 3. The monoisotopic (exact) mass is 568 g/mol. The lowest BCUT2D eigenvalue weighted by molar-refractivity contribution is -0.141. The van der Waals surface area contributed by atoms with Crippen molar-refractivity contribution in [2.75, 3.05) is 5.75 Å². The Morgan fingerprint density at radius 2 is 1.61 bits per heavy atom. The highest BCUT2D eigenvalue weighted by Gasteiger charge is 2.32. The fraction of sp³-hybridized carbons (Fsp3) is 0.355. The minimum atomic E-state index is -0.603. The van der Waals surface area contributed by atoms with Gasteiger partial charge in [0.25, 0.3) is 0 Å². The molecule has 7 heteroatoms. The van der Waals surface area contributed by atoms with Crippen LogP contribution in [-0.4, -0.2) is 34.6 Å². The first kappa shape index (κ1) is 28.5. The van der Waals surface area contributed by atoms with E-state index in [9.17, 15) is 9.59 Å². The van der Waals surface area contributed by atoms with E-state index in [0.717, 1.165) is 47.5 Å². The van der Waals surface area contributed by atoms with E-state index in [0.29, 0.717) is 35.9 Å². The average Bonchev–Trinajstić information content (AvgIpc) is 3.43. The number of hydrogen-bond donors (Lipinski definition) is 1. The summed E-state index contributed by atoms with van der Waals surface area (Å²) < 4.78 is 0. The first-order valence-electron chi connectivity index (χ1n) is 13.2. The molecule has 0 aliphatic heterocycles. The predicted octanol–water partition coefficient (Wildman–Crippen LogP) is 7.56. The van der Waals surface area contributed by atoms with Crippen molar-refractivity contribution in [1.29, 1.82) is 0 Å². The molecule has 1 unspecified atom stereocenters. The molecule has 0 radical (unpaired) electrons. The summed E-state index contributed by atoms with van der Waals surface area (Å²) >= 11 is 14.0. The molecular weight excluding hydrogens is 535 g/mol. The van der Waals surface area contributed by atoms with E-state index in [4.69, 9.17) is 23.2 Å². The van der Waals surface area contributed by atoms with Gasteiger partial charge in [-0.05, 0) is 72.5 Å². The van der Waals surface area contributed by atoms with E-state index >= 15 is 0 Å². The van der Waals surface area contributed by atoms with E-state index in [2.05, 4.69) is 5.32 Å². The Hall–Kier alpha value is -2.47. The number of carbonyl (C=O) groups is 2. The van der Waals surface area contributed by atoms with Crippen LogP contribution in [0.3, 0.4) is 0 Å². The summed E-state index contributed by atoms with van der Waals surface area (Å²) in [5.41, 5.74) is 1.94. The van der Waals surface area contributed by atoms with Gasteiger partial charge in [-0.3, -0.25) is 9.59 Å². The van der Waals surface area contributed by atoms with Crippen LogP contribution in [0.1, 0.15) is 49.7 Å². The van der Waals surface area contributed by atoms with Gasteiger partial charge in [0.1, 0.15) is 6.04 Å². The third-order valence-electron chi connectivity index (χ3n) is 6.83. The third kappa shape index (κ3) is 8.79. The standard InChI is InChI=1S/C31H34Cl2N2O2S/c32-25-15-17-28(18-16-25)38-19-7-14-30(36)35(22-24-10-6-11-26(33)20-24)29(21-23-8-2-1-3-9-23)31(37)34-27-12-4-5-13-27/h1-3,6,8-11,15-18,20,27,29H,4-5,7,12-14,19,21-22H2,(H,34,37). The minimum Gasteiger partial charge on any atom is -0.352 e. The second-order valence-electron chi connectivity index (χ2n) is 9.75. The Morgan fingerprint density at radius 1 is 0.895 bits per heavy atom. The summed E-state index contributed by atoms with van der Waals surface area (Å²) in [4.78, 5) is 30.3. The Labute approximate surface area is 240 Å². The van der Waals surface area contributed by atoms with Crippen LogP contribution in [0.15, 0.2) is 83.8 Å². The molecule has 0 spiro atoms. The lowest BCUT2D eigenvalue weighted by atomic mass is 10.0. The van der Waals surface area contributed by atoms with E-state index < -0.39 is 6.04 Å². The van der Waals surface area contributed by atoms with Crippen molar-refractivity contribution < 1.29 is 9.59 Å². The Kier molecular flexibility index (Phi) is 11.0. The lowest BCUT2D eigenvalue weighted by Gasteiger charge is -2.32. The third-order valence-corrected chi connectivity index (χ3v) is 8.42. The van der Waals surface area contributed by atoms with Crippen LogP contribution < -0.4 is 5.32 Å². The quantitative estimate of drug-likeness (QED) is 0.181. The molecule has 3 aromatic rings. The minimum absolute atomic E-state index is 0.0239. The van der Waals surface area contributed by atoms with Gasteiger partial charge >= 0.3 is 0 Å². The van der Waals surface area contributed by atoms with Crippen molar-refractivity contribution in [2.45, 2.75) is 68.5 Å². The van der Waals surface area contributed by atoms with Gasteiger partial charge < -0.3 is 10.2 Å². The molecule has 2 amide bonds. The van der Waals surface area contributed by atoms with Crippen LogP contribution >= 0.6 is 35.0 Å². The highest BCUT2D eigenvalue weighted by molar-refractivity contribution is 7.99. The van der Waals surface area contributed by atoms with Crippen molar-refractivity contribution in [1.82, 2.24) is 10.2 Å². The summed E-state index contributed by atoms with van der Waals surface area (Å²) in [6.45, 7) is 0.333. The van der Waals surface area contributed by atoms with Gasteiger partial charge in [0.15, 0.2) is 0 Å². The summed E-state index contributed by atoms with van der Waals surface area (Å²) in [6.07, 6.45) is 5.78.